The maximum Gasteiger partial charge on any atom is 0.228 e. The molecule has 2 rings (SSSR count). The van der Waals surface area contributed by atoms with E-state index in [4.69, 9.17) is 0 Å². The van der Waals surface area contributed by atoms with Gasteiger partial charge in [0.15, 0.2) is 0 Å². The number of hydrogen-bond acceptors (Lipinski definition) is 3. The van der Waals surface area contributed by atoms with Crippen LogP contribution in [0.3, 0.4) is 0 Å². The van der Waals surface area contributed by atoms with Crippen molar-refractivity contribution in [2.45, 2.75) is 91.0 Å². The highest BCUT2D eigenvalue weighted by Gasteiger charge is 2.29. The van der Waals surface area contributed by atoms with E-state index in [-0.39, 0.29) is 11.8 Å². The molecule has 1 aromatic rings. The summed E-state index contributed by atoms with van der Waals surface area (Å²) in [7, 11) is 0. The summed E-state index contributed by atoms with van der Waals surface area (Å²) in [5.41, 5.74) is 1.99. The molecule has 30 heavy (non-hydrogen) atoms. The van der Waals surface area contributed by atoms with E-state index in [9.17, 15) is 4.79 Å². The standard InChI is InChI=1S/C26H42N2OS/c1-6-8-12-19(3)20(4)13-11-15-22-14-9-10-16-23(22)25(29)28-24-21(5)17-18-27-26(24)30-7-2/h9-10,17-20,22-23H,6-8,11-16H2,1-5H3,(H,28,29). The predicted molar refractivity (Wildman–Crippen MR) is 131 cm³/mol. The normalized spacial score (nSPS) is 20.7. The van der Waals surface area contributed by atoms with Gasteiger partial charge in [-0.15, -0.1) is 11.8 Å². The number of amides is 1. The monoisotopic (exact) mass is 430 g/mol. The molecule has 168 valence electrons. The van der Waals surface area contributed by atoms with Crippen molar-refractivity contribution in [2.24, 2.45) is 23.7 Å². The smallest absolute Gasteiger partial charge is 0.228 e. The number of pyridine rings is 1. The van der Waals surface area contributed by atoms with Crippen LogP contribution in [0.4, 0.5) is 5.69 Å². The van der Waals surface area contributed by atoms with Gasteiger partial charge in [-0.3, -0.25) is 4.79 Å². The number of anilines is 1. The summed E-state index contributed by atoms with van der Waals surface area (Å²) in [6.45, 7) is 11.3. The lowest BCUT2D eigenvalue weighted by Gasteiger charge is -2.29. The number of nitrogens with zero attached hydrogens (tertiary/aromatic N) is 1. The molecule has 0 saturated heterocycles. The van der Waals surface area contributed by atoms with E-state index in [2.05, 4.69) is 57.1 Å². The first kappa shape index (κ1) is 25.0. The van der Waals surface area contributed by atoms with Gasteiger partial charge in [-0.1, -0.05) is 72.0 Å². The van der Waals surface area contributed by atoms with E-state index >= 15 is 0 Å². The molecule has 1 aliphatic carbocycles. The second-order valence-corrected chi connectivity index (χ2v) is 10.3. The molecule has 0 spiro atoms. The van der Waals surface area contributed by atoms with E-state index in [1.165, 1.54) is 32.1 Å². The molecule has 0 saturated carbocycles. The lowest BCUT2D eigenvalue weighted by Crippen LogP contribution is -2.31. The summed E-state index contributed by atoms with van der Waals surface area (Å²) >= 11 is 1.69. The SMILES string of the molecule is CCCCC(C)C(C)CCCC1CC=CCC1C(=O)Nc1c(C)ccnc1SCC. The summed E-state index contributed by atoms with van der Waals surface area (Å²) in [6, 6.07) is 1.98. The molecular weight excluding hydrogens is 388 g/mol. The Labute approximate surface area is 188 Å². The van der Waals surface area contributed by atoms with Gasteiger partial charge < -0.3 is 5.32 Å². The molecule has 1 heterocycles. The number of carbonyl (C=O) groups excluding carboxylic acids is 1. The third-order valence-corrected chi connectivity index (χ3v) is 7.65. The molecule has 0 fully saturated rings. The Hall–Kier alpha value is -1.29. The van der Waals surface area contributed by atoms with E-state index in [1.54, 1.807) is 11.8 Å². The largest absolute Gasteiger partial charge is 0.323 e. The Kier molecular flexibility index (Phi) is 11.0. The van der Waals surface area contributed by atoms with Crippen LogP contribution >= 0.6 is 11.8 Å². The molecular formula is C26H42N2OS. The number of allylic oxidation sites excluding steroid dienone is 2. The minimum atomic E-state index is 0.0712. The van der Waals surface area contributed by atoms with Crippen molar-refractivity contribution in [3.05, 3.63) is 30.0 Å². The van der Waals surface area contributed by atoms with Crippen LogP contribution in [-0.4, -0.2) is 16.6 Å². The topological polar surface area (TPSA) is 42.0 Å². The molecule has 1 aromatic heterocycles. The average molecular weight is 431 g/mol. The molecule has 4 atom stereocenters. The lowest BCUT2D eigenvalue weighted by molar-refractivity contribution is -0.121. The molecule has 1 N–H and O–H groups in total. The molecule has 0 aromatic carbocycles. The van der Waals surface area contributed by atoms with Crippen molar-refractivity contribution in [3.8, 4) is 0 Å². The van der Waals surface area contributed by atoms with Gasteiger partial charge in [-0.05, 0) is 61.3 Å². The van der Waals surface area contributed by atoms with E-state index < -0.39 is 0 Å². The van der Waals surface area contributed by atoms with Gasteiger partial charge in [0.1, 0.15) is 5.03 Å². The molecule has 0 bridgehead atoms. The Morgan fingerprint density at radius 1 is 1.17 bits per heavy atom. The zero-order chi connectivity index (χ0) is 21.9. The first-order valence-electron chi connectivity index (χ1n) is 12.0. The zero-order valence-corrected chi connectivity index (χ0v) is 20.6. The van der Waals surface area contributed by atoms with Crippen molar-refractivity contribution >= 4 is 23.4 Å². The minimum Gasteiger partial charge on any atom is -0.323 e. The average Bonchev–Trinajstić information content (AvgIpc) is 2.74. The highest BCUT2D eigenvalue weighted by molar-refractivity contribution is 7.99. The maximum absolute atomic E-state index is 13.2. The summed E-state index contributed by atoms with van der Waals surface area (Å²) in [5.74, 6) is 3.22. The van der Waals surface area contributed by atoms with Crippen LogP contribution in [0.25, 0.3) is 0 Å². The maximum atomic E-state index is 13.2. The van der Waals surface area contributed by atoms with Gasteiger partial charge in [0, 0.05) is 12.1 Å². The minimum absolute atomic E-state index is 0.0712. The van der Waals surface area contributed by atoms with Crippen LogP contribution in [0.5, 0.6) is 0 Å². The van der Waals surface area contributed by atoms with E-state index in [0.29, 0.717) is 5.92 Å². The lowest BCUT2D eigenvalue weighted by atomic mass is 9.78. The van der Waals surface area contributed by atoms with Crippen LogP contribution in [0, 0.1) is 30.6 Å². The highest BCUT2D eigenvalue weighted by atomic mass is 32.2. The predicted octanol–water partition coefficient (Wildman–Crippen LogP) is 7.66. The summed E-state index contributed by atoms with van der Waals surface area (Å²) in [5, 5.41) is 4.18. The second-order valence-electron chi connectivity index (χ2n) is 9.07. The zero-order valence-electron chi connectivity index (χ0n) is 19.7. The number of nitrogens with one attached hydrogen (secondary N) is 1. The highest BCUT2D eigenvalue weighted by Crippen LogP contribution is 2.34. The van der Waals surface area contributed by atoms with Crippen molar-refractivity contribution in [2.75, 3.05) is 11.1 Å². The van der Waals surface area contributed by atoms with Gasteiger partial charge in [0.05, 0.1) is 5.69 Å². The Bertz CT molecular complexity index is 688. The van der Waals surface area contributed by atoms with Crippen LogP contribution < -0.4 is 5.32 Å². The molecule has 1 amide bonds. The Morgan fingerprint density at radius 2 is 1.87 bits per heavy atom. The third kappa shape index (κ3) is 7.44. The fourth-order valence-electron chi connectivity index (χ4n) is 4.46. The van der Waals surface area contributed by atoms with Crippen LogP contribution in [0.1, 0.15) is 84.6 Å². The van der Waals surface area contributed by atoms with Gasteiger partial charge in [0.2, 0.25) is 5.91 Å². The number of unbranched alkanes of at least 4 members (excludes halogenated alkanes) is 1. The van der Waals surface area contributed by atoms with Gasteiger partial charge in [-0.2, -0.15) is 0 Å². The number of rotatable bonds is 12. The first-order valence-corrected chi connectivity index (χ1v) is 13.0. The van der Waals surface area contributed by atoms with Gasteiger partial charge in [0.25, 0.3) is 0 Å². The number of aryl methyl sites for hydroxylation is 1. The number of aromatic nitrogens is 1. The van der Waals surface area contributed by atoms with Gasteiger partial charge in [-0.25, -0.2) is 4.98 Å². The third-order valence-electron chi connectivity index (χ3n) is 6.77. The van der Waals surface area contributed by atoms with E-state index in [0.717, 1.165) is 53.1 Å². The quantitative estimate of drug-likeness (QED) is 0.273. The summed E-state index contributed by atoms with van der Waals surface area (Å²) in [4.78, 5) is 17.7. The second kappa shape index (κ2) is 13.2. The van der Waals surface area contributed by atoms with Crippen molar-refractivity contribution in [3.63, 3.8) is 0 Å². The van der Waals surface area contributed by atoms with Crippen LogP contribution in [-0.2, 0) is 4.79 Å². The summed E-state index contributed by atoms with van der Waals surface area (Å²) < 4.78 is 0. The summed E-state index contributed by atoms with van der Waals surface area (Å²) in [6.07, 6.45) is 15.8. The van der Waals surface area contributed by atoms with Crippen LogP contribution in [0.2, 0.25) is 0 Å². The van der Waals surface area contributed by atoms with Crippen molar-refractivity contribution in [1.29, 1.82) is 0 Å². The number of carbonyl (C=O) groups is 1. The molecule has 4 heteroatoms. The molecule has 1 aliphatic rings. The van der Waals surface area contributed by atoms with E-state index in [1.807, 2.05) is 12.3 Å². The molecule has 0 radical (unpaired) electrons. The fraction of sp³-hybridized carbons (Fsp3) is 0.692. The first-order chi connectivity index (χ1) is 14.5. The Balaban J connectivity index is 1.94. The van der Waals surface area contributed by atoms with Gasteiger partial charge >= 0.3 is 0 Å². The van der Waals surface area contributed by atoms with Crippen molar-refractivity contribution < 1.29 is 4.79 Å². The fourth-order valence-corrected chi connectivity index (χ4v) is 5.22. The van der Waals surface area contributed by atoms with Crippen LogP contribution in [0.15, 0.2) is 29.4 Å². The molecule has 3 nitrogen and oxygen atoms in total. The number of thioether (sulfide) groups is 1. The Morgan fingerprint density at radius 3 is 2.57 bits per heavy atom. The number of hydrogen-bond donors (Lipinski definition) is 1. The van der Waals surface area contributed by atoms with Crippen molar-refractivity contribution in [1.82, 2.24) is 4.98 Å². The molecule has 4 unspecified atom stereocenters. The molecule has 0 aliphatic heterocycles.